The third kappa shape index (κ3) is 4.47. The van der Waals surface area contributed by atoms with Gasteiger partial charge in [0.25, 0.3) is 0 Å². The topological polar surface area (TPSA) is 88.1 Å². The van der Waals surface area contributed by atoms with Gasteiger partial charge in [0.2, 0.25) is 12.5 Å². The van der Waals surface area contributed by atoms with Gasteiger partial charge in [-0.05, 0) is 0 Å². The van der Waals surface area contributed by atoms with Crippen LogP contribution in [0.3, 0.4) is 0 Å². The summed E-state index contributed by atoms with van der Waals surface area (Å²) < 4.78 is 33.0. The smallest absolute Gasteiger partial charge is 0.305 e. The molecule has 7 nitrogen and oxygen atoms in total. The lowest BCUT2D eigenvalue weighted by molar-refractivity contribution is -0.184. The molecule has 0 N–H and O–H groups in total. The monoisotopic (exact) mass is 278 g/mol. The number of ether oxygens (including phenoxy) is 4. The van der Waals surface area contributed by atoms with Crippen LogP contribution in [-0.4, -0.2) is 49.2 Å². The third-order valence-electron chi connectivity index (χ3n) is 2.28. The van der Waals surface area contributed by atoms with Gasteiger partial charge < -0.3 is 18.9 Å². The molecule has 4 atom stereocenters. The van der Waals surface area contributed by atoms with E-state index < -0.39 is 42.6 Å². The Morgan fingerprint density at radius 3 is 2.11 bits per heavy atom. The largest absolute Gasteiger partial charge is 0.463 e. The molecule has 0 spiro atoms. The van der Waals surface area contributed by atoms with Crippen molar-refractivity contribution in [3.63, 3.8) is 0 Å². The highest BCUT2D eigenvalue weighted by Gasteiger charge is 2.49. The highest BCUT2D eigenvalue weighted by atomic mass is 19.1. The van der Waals surface area contributed by atoms with Gasteiger partial charge in [0.15, 0.2) is 6.10 Å². The van der Waals surface area contributed by atoms with E-state index in [1.807, 2.05) is 0 Å². The van der Waals surface area contributed by atoms with E-state index in [1.54, 1.807) is 0 Å². The molecular weight excluding hydrogens is 263 g/mol. The maximum absolute atomic E-state index is 13.9. The van der Waals surface area contributed by atoms with Gasteiger partial charge in [-0.1, -0.05) is 0 Å². The minimum absolute atomic E-state index is 0.300. The molecule has 0 aromatic rings. The molecule has 1 rings (SSSR count). The van der Waals surface area contributed by atoms with Gasteiger partial charge in [0, 0.05) is 20.8 Å². The predicted octanol–water partition coefficient (Wildman–Crippen LogP) is 0.107. The van der Waals surface area contributed by atoms with Crippen molar-refractivity contribution in [1.29, 1.82) is 0 Å². The number of hydrogen-bond donors (Lipinski definition) is 0. The molecule has 0 saturated carbocycles. The van der Waals surface area contributed by atoms with Gasteiger partial charge in [-0.3, -0.25) is 14.4 Å². The third-order valence-corrected chi connectivity index (χ3v) is 2.28. The molecule has 1 aliphatic heterocycles. The van der Waals surface area contributed by atoms with Crippen molar-refractivity contribution in [1.82, 2.24) is 0 Å². The van der Waals surface area contributed by atoms with Crippen LogP contribution >= 0.6 is 0 Å². The van der Waals surface area contributed by atoms with Crippen LogP contribution in [0.5, 0.6) is 0 Å². The fourth-order valence-corrected chi connectivity index (χ4v) is 1.61. The molecule has 0 aromatic carbocycles. The standard InChI is InChI=1S/C11H15FO7/c1-5(13)16-4-8-10(17-6(2)14)9(12)11(19-8)18-7(3)15/h8-11H,4H2,1-3H3/t8-,9?,10?,11+/m1/s1. The van der Waals surface area contributed by atoms with E-state index in [2.05, 4.69) is 9.47 Å². The second-order valence-electron chi connectivity index (χ2n) is 3.97. The van der Waals surface area contributed by atoms with Crippen LogP contribution in [0.4, 0.5) is 4.39 Å². The lowest BCUT2D eigenvalue weighted by atomic mass is 10.1. The van der Waals surface area contributed by atoms with Crippen LogP contribution in [0.2, 0.25) is 0 Å². The minimum Gasteiger partial charge on any atom is -0.463 e. The number of esters is 3. The number of hydrogen-bond acceptors (Lipinski definition) is 7. The highest BCUT2D eigenvalue weighted by molar-refractivity contribution is 5.67. The molecule has 0 radical (unpaired) electrons. The molecule has 0 aromatic heterocycles. The highest BCUT2D eigenvalue weighted by Crippen LogP contribution is 2.28. The van der Waals surface area contributed by atoms with E-state index in [9.17, 15) is 18.8 Å². The molecule has 1 heterocycles. The van der Waals surface area contributed by atoms with Gasteiger partial charge in [-0.25, -0.2) is 4.39 Å². The lowest BCUT2D eigenvalue weighted by Gasteiger charge is -2.17. The maximum Gasteiger partial charge on any atom is 0.305 e. The summed E-state index contributed by atoms with van der Waals surface area (Å²) in [5, 5.41) is 0. The van der Waals surface area contributed by atoms with Gasteiger partial charge in [0.05, 0.1) is 0 Å². The van der Waals surface area contributed by atoms with Crippen LogP contribution in [0.15, 0.2) is 0 Å². The van der Waals surface area contributed by atoms with Gasteiger partial charge in [-0.2, -0.15) is 0 Å². The first kappa shape index (κ1) is 15.4. The number of rotatable bonds is 4. The number of carbonyl (C=O) groups excluding carboxylic acids is 3. The molecule has 19 heavy (non-hydrogen) atoms. The Bertz CT molecular complexity index is 370. The van der Waals surface area contributed by atoms with Gasteiger partial charge in [-0.15, -0.1) is 0 Å². The van der Waals surface area contributed by atoms with Gasteiger partial charge >= 0.3 is 17.9 Å². The first-order valence-electron chi connectivity index (χ1n) is 5.58. The van der Waals surface area contributed by atoms with Crippen LogP contribution in [0.25, 0.3) is 0 Å². The molecule has 1 aliphatic rings. The zero-order valence-corrected chi connectivity index (χ0v) is 10.8. The zero-order valence-electron chi connectivity index (χ0n) is 10.8. The average molecular weight is 278 g/mol. The zero-order chi connectivity index (χ0) is 14.6. The second-order valence-corrected chi connectivity index (χ2v) is 3.97. The second kappa shape index (κ2) is 6.46. The molecule has 108 valence electrons. The van der Waals surface area contributed by atoms with E-state index in [-0.39, 0.29) is 6.61 Å². The molecule has 0 amide bonds. The number of halogens is 1. The summed E-state index contributed by atoms with van der Waals surface area (Å²) in [5.41, 5.74) is 0. The van der Waals surface area contributed by atoms with Crippen molar-refractivity contribution < 1.29 is 37.7 Å². The van der Waals surface area contributed by atoms with Crippen molar-refractivity contribution in [2.45, 2.75) is 45.4 Å². The average Bonchev–Trinajstić information content (AvgIpc) is 2.53. The van der Waals surface area contributed by atoms with Crippen molar-refractivity contribution in [2.75, 3.05) is 6.61 Å². The fourth-order valence-electron chi connectivity index (χ4n) is 1.61. The number of alkyl halides is 1. The quantitative estimate of drug-likeness (QED) is 0.532. The van der Waals surface area contributed by atoms with E-state index in [0.717, 1.165) is 13.8 Å². The van der Waals surface area contributed by atoms with Crippen LogP contribution in [0.1, 0.15) is 20.8 Å². The van der Waals surface area contributed by atoms with Crippen LogP contribution in [0, 0.1) is 0 Å². The summed E-state index contributed by atoms with van der Waals surface area (Å²) in [6, 6.07) is 0. The Labute approximate surface area is 108 Å². The minimum atomic E-state index is -1.84. The van der Waals surface area contributed by atoms with Gasteiger partial charge in [0.1, 0.15) is 12.7 Å². The van der Waals surface area contributed by atoms with Crippen molar-refractivity contribution in [3.8, 4) is 0 Å². The predicted molar refractivity (Wildman–Crippen MR) is 57.5 cm³/mol. The SMILES string of the molecule is CC(=O)OC[C@H]1O[C@H](OC(C)=O)C(F)C1OC(C)=O. The van der Waals surface area contributed by atoms with E-state index >= 15 is 0 Å². The Morgan fingerprint density at radius 1 is 1.05 bits per heavy atom. The Balaban J connectivity index is 2.71. The maximum atomic E-state index is 13.9. The molecular formula is C11H15FO7. The van der Waals surface area contributed by atoms with Crippen molar-refractivity contribution >= 4 is 17.9 Å². The first-order valence-corrected chi connectivity index (χ1v) is 5.58. The number of carbonyl (C=O) groups is 3. The lowest BCUT2D eigenvalue weighted by Crippen LogP contribution is -2.37. The normalized spacial score (nSPS) is 29.7. The summed E-state index contributed by atoms with van der Waals surface area (Å²) in [7, 11) is 0. The Hall–Kier alpha value is -1.70. The molecule has 2 unspecified atom stereocenters. The summed E-state index contributed by atoms with van der Waals surface area (Å²) in [6.45, 7) is 3.07. The van der Waals surface area contributed by atoms with Crippen molar-refractivity contribution in [3.05, 3.63) is 0 Å². The molecule has 8 heteroatoms. The fraction of sp³-hybridized carbons (Fsp3) is 0.727. The molecule has 1 saturated heterocycles. The summed E-state index contributed by atoms with van der Waals surface area (Å²) in [4.78, 5) is 32.4. The van der Waals surface area contributed by atoms with Crippen LogP contribution < -0.4 is 0 Å². The molecule has 1 fully saturated rings. The molecule has 0 bridgehead atoms. The molecule has 0 aliphatic carbocycles. The Kier molecular flexibility index (Phi) is 5.22. The van der Waals surface area contributed by atoms with E-state index in [4.69, 9.17) is 9.47 Å². The summed E-state index contributed by atoms with van der Waals surface area (Å²) in [5.74, 6) is -2.04. The Morgan fingerprint density at radius 2 is 1.63 bits per heavy atom. The van der Waals surface area contributed by atoms with Crippen LogP contribution in [-0.2, 0) is 33.3 Å². The van der Waals surface area contributed by atoms with E-state index in [1.165, 1.54) is 6.92 Å². The summed E-state index contributed by atoms with van der Waals surface area (Å²) >= 11 is 0. The first-order chi connectivity index (χ1) is 8.81. The van der Waals surface area contributed by atoms with Crippen molar-refractivity contribution in [2.24, 2.45) is 0 Å². The van der Waals surface area contributed by atoms with E-state index in [0.29, 0.717) is 0 Å². The summed E-state index contributed by atoms with van der Waals surface area (Å²) in [6.07, 6.45) is -5.64.